The summed E-state index contributed by atoms with van der Waals surface area (Å²) in [7, 11) is 2.17. The molecular formula is C17H27BrN2O. The second-order valence-corrected chi connectivity index (χ2v) is 6.81. The van der Waals surface area contributed by atoms with Crippen LogP contribution in [0, 0.1) is 0 Å². The Hall–Kier alpha value is -0.580. The molecular weight excluding hydrogens is 328 g/mol. The Morgan fingerprint density at radius 2 is 2.29 bits per heavy atom. The van der Waals surface area contributed by atoms with Gasteiger partial charge in [-0.2, -0.15) is 0 Å². The predicted octanol–water partition coefficient (Wildman–Crippen LogP) is 4.12. The maximum absolute atomic E-state index is 5.77. The number of nitrogens with zero attached hydrogens (tertiary/aromatic N) is 1. The zero-order chi connectivity index (χ0) is 15.2. The van der Waals surface area contributed by atoms with E-state index in [0.29, 0.717) is 12.1 Å². The number of benzene rings is 1. The van der Waals surface area contributed by atoms with Crippen molar-refractivity contribution in [2.24, 2.45) is 0 Å². The van der Waals surface area contributed by atoms with Gasteiger partial charge in [0.05, 0.1) is 6.10 Å². The van der Waals surface area contributed by atoms with Crippen molar-refractivity contribution < 1.29 is 4.74 Å². The summed E-state index contributed by atoms with van der Waals surface area (Å²) < 4.78 is 6.90. The highest BCUT2D eigenvalue weighted by Gasteiger charge is 2.20. The minimum Gasteiger partial charge on any atom is -0.376 e. The Morgan fingerprint density at radius 1 is 1.48 bits per heavy atom. The average Bonchev–Trinajstić information content (AvgIpc) is 2.97. The number of hydrogen-bond acceptors (Lipinski definition) is 3. The van der Waals surface area contributed by atoms with Crippen molar-refractivity contribution in [3.63, 3.8) is 0 Å². The van der Waals surface area contributed by atoms with Crippen LogP contribution in [0.25, 0.3) is 0 Å². The highest BCUT2D eigenvalue weighted by atomic mass is 79.9. The molecule has 1 saturated heterocycles. The van der Waals surface area contributed by atoms with Crippen LogP contribution in [-0.2, 0) is 4.74 Å². The first kappa shape index (κ1) is 16.8. The molecule has 1 N–H and O–H groups in total. The molecule has 21 heavy (non-hydrogen) atoms. The van der Waals surface area contributed by atoms with E-state index in [4.69, 9.17) is 4.74 Å². The number of likely N-dealkylation sites (N-methyl/N-ethyl adjacent to an activating group) is 1. The average molecular weight is 355 g/mol. The molecule has 4 heteroatoms. The molecule has 1 heterocycles. The van der Waals surface area contributed by atoms with Crippen LogP contribution in [-0.4, -0.2) is 32.8 Å². The molecule has 2 atom stereocenters. The lowest BCUT2D eigenvalue weighted by Crippen LogP contribution is -2.30. The van der Waals surface area contributed by atoms with Crippen LogP contribution in [0.1, 0.15) is 44.7 Å². The van der Waals surface area contributed by atoms with Crippen molar-refractivity contribution in [1.82, 2.24) is 5.32 Å². The summed E-state index contributed by atoms with van der Waals surface area (Å²) >= 11 is 3.60. The third-order valence-corrected chi connectivity index (χ3v) is 4.57. The van der Waals surface area contributed by atoms with E-state index in [9.17, 15) is 0 Å². The Balaban J connectivity index is 2.13. The minimum atomic E-state index is 0.361. The zero-order valence-electron chi connectivity index (χ0n) is 13.4. The van der Waals surface area contributed by atoms with E-state index in [1.165, 1.54) is 24.1 Å². The van der Waals surface area contributed by atoms with Crippen molar-refractivity contribution in [1.29, 1.82) is 0 Å². The third kappa shape index (κ3) is 4.70. The number of rotatable bonds is 7. The summed E-state index contributed by atoms with van der Waals surface area (Å²) in [4.78, 5) is 2.33. The van der Waals surface area contributed by atoms with Gasteiger partial charge in [-0.3, -0.25) is 0 Å². The molecule has 0 aliphatic carbocycles. The Kier molecular flexibility index (Phi) is 6.52. The van der Waals surface area contributed by atoms with Gasteiger partial charge in [-0.15, -0.1) is 0 Å². The molecule has 1 aliphatic heterocycles. The molecule has 1 aromatic carbocycles. The summed E-state index contributed by atoms with van der Waals surface area (Å²) in [5, 5.41) is 3.58. The van der Waals surface area contributed by atoms with Crippen LogP contribution in [0.5, 0.6) is 0 Å². The van der Waals surface area contributed by atoms with E-state index in [1.807, 2.05) is 0 Å². The Morgan fingerprint density at radius 3 is 2.95 bits per heavy atom. The molecule has 0 saturated carbocycles. The summed E-state index contributed by atoms with van der Waals surface area (Å²) in [6.45, 7) is 7.36. The normalized spacial score (nSPS) is 19.7. The second-order valence-electron chi connectivity index (χ2n) is 5.89. The smallest absolute Gasteiger partial charge is 0.0750 e. The van der Waals surface area contributed by atoms with Gasteiger partial charge in [-0.05, 0) is 50.4 Å². The fraction of sp³-hybridized carbons (Fsp3) is 0.647. The van der Waals surface area contributed by atoms with E-state index in [0.717, 1.165) is 30.6 Å². The van der Waals surface area contributed by atoms with Gasteiger partial charge in [0.1, 0.15) is 0 Å². The SMILES string of the molecule is CCCNC(C)c1ccc(Br)cc1N(C)CC1CCCO1. The first-order valence-corrected chi connectivity index (χ1v) is 8.76. The van der Waals surface area contributed by atoms with Crippen molar-refractivity contribution in [2.45, 2.75) is 45.3 Å². The molecule has 2 unspecified atom stereocenters. The summed E-state index contributed by atoms with van der Waals surface area (Å²) in [6, 6.07) is 6.93. The fourth-order valence-corrected chi connectivity index (χ4v) is 3.23. The minimum absolute atomic E-state index is 0.361. The fourth-order valence-electron chi connectivity index (χ4n) is 2.88. The van der Waals surface area contributed by atoms with Gasteiger partial charge in [0.25, 0.3) is 0 Å². The van der Waals surface area contributed by atoms with Gasteiger partial charge < -0.3 is 15.0 Å². The number of hydrogen-bond donors (Lipinski definition) is 1. The lowest BCUT2D eigenvalue weighted by molar-refractivity contribution is 0.116. The quantitative estimate of drug-likeness (QED) is 0.796. The highest BCUT2D eigenvalue weighted by Crippen LogP contribution is 2.30. The molecule has 118 valence electrons. The molecule has 1 aromatic rings. The maximum atomic E-state index is 5.77. The molecule has 0 radical (unpaired) electrons. The summed E-state index contributed by atoms with van der Waals surface area (Å²) in [6.07, 6.45) is 3.90. The van der Waals surface area contributed by atoms with Gasteiger partial charge in [-0.1, -0.05) is 28.9 Å². The number of anilines is 1. The van der Waals surface area contributed by atoms with Gasteiger partial charge in [-0.25, -0.2) is 0 Å². The first-order valence-electron chi connectivity index (χ1n) is 7.97. The van der Waals surface area contributed by atoms with Crippen LogP contribution in [0.2, 0.25) is 0 Å². The van der Waals surface area contributed by atoms with Gasteiger partial charge in [0.2, 0.25) is 0 Å². The molecule has 0 spiro atoms. The van der Waals surface area contributed by atoms with Crippen molar-refractivity contribution in [2.75, 3.05) is 31.6 Å². The topological polar surface area (TPSA) is 24.5 Å². The largest absolute Gasteiger partial charge is 0.376 e. The van der Waals surface area contributed by atoms with Crippen LogP contribution in [0.15, 0.2) is 22.7 Å². The van der Waals surface area contributed by atoms with Crippen LogP contribution in [0.4, 0.5) is 5.69 Å². The van der Waals surface area contributed by atoms with Crippen LogP contribution < -0.4 is 10.2 Å². The monoisotopic (exact) mass is 354 g/mol. The predicted molar refractivity (Wildman–Crippen MR) is 93.1 cm³/mol. The van der Waals surface area contributed by atoms with E-state index in [1.54, 1.807) is 0 Å². The zero-order valence-corrected chi connectivity index (χ0v) is 14.9. The van der Waals surface area contributed by atoms with Crippen molar-refractivity contribution in [3.05, 3.63) is 28.2 Å². The van der Waals surface area contributed by atoms with E-state index < -0.39 is 0 Å². The van der Waals surface area contributed by atoms with E-state index in [-0.39, 0.29) is 0 Å². The second kappa shape index (κ2) is 8.16. The molecule has 3 nitrogen and oxygen atoms in total. The third-order valence-electron chi connectivity index (χ3n) is 4.07. The summed E-state index contributed by atoms with van der Waals surface area (Å²) in [5.74, 6) is 0. The number of nitrogens with one attached hydrogen (secondary N) is 1. The lowest BCUT2D eigenvalue weighted by atomic mass is 10.0. The number of halogens is 1. The molecule has 1 aliphatic rings. The molecule has 0 amide bonds. The first-order chi connectivity index (χ1) is 10.1. The molecule has 1 fully saturated rings. The van der Waals surface area contributed by atoms with Crippen LogP contribution >= 0.6 is 15.9 Å². The van der Waals surface area contributed by atoms with Crippen molar-refractivity contribution in [3.8, 4) is 0 Å². The molecule has 0 aromatic heterocycles. The Labute approximate surface area is 137 Å². The highest BCUT2D eigenvalue weighted by molar-refractivity contribution is 9.10. The van der Waals surface area contributed by atoms with Crippen LogP contribution in [0.3, 0.4) is 0 Å². The van der Waals surface area contributed by atoms with E-state index in [2.05, 4.69) is 65.2 Å². The van der Waals surface area contributed by atoms with Gasteiger partial charge in [0.15, 0.2) is 0 Å². The van der Waals surface area contributed by atoms with Crippen molar-refractivity contribution >= 4 is 21.6 Å². The summed E-state index contributed by atoms with van der Waals surface area (Å²) in [5.41, 5.74) is 2.64. The lowest BCUT2D eigenvalue weighted by Gasteiger charge is -2.28. The van der Waals surface area contributed by atoms with E-state index >= 15 is 0 Å². The molecule has 0 bridgehead atoms. The number of ether oxygens (including phenoxy) is 1. The molecule has 2 rings (SSSR count). The van der Waals surface area contributed by atoms with Gasteiger partial charge in [0, 0.05) is 36.4 Å². The Bertz CT molecular complexity index is 446. The van der Waals surface area contributed by atoms with Gasteiger partial charge >= 0.3 is 0 Å². The standard InChI is InChI=1S/C17H27BrN2O/c1-4-9-19-13(2)16-8-7-14(18)11-17(16)20(3)12-15-6-5-10-21-15/h7-8,11,13,15,19H,4-6,9-10,12H2,1-3H3. The maximum Gasteiger partial charge on any atom is 0.0750 e.